The summed E-state index contributed by atoms with van der Waals surface area (Å²) in [6, 6.07) is 6.08. The van der Waals surface area contributed by atoms with Gasteiger partial charge in [0.05, 0.1) is 0 Å². The Morgan fingerprint density at radius 2 is 2.26 bits per heavy atom. The quantitative estimate of drug-likeness (QED) is 0.734. The van der Waals surface area contributed by atoms with Crippen molar-refractivity contribution in [2.24, 2.45) is 7.92 Å². The first-order valence-corrected chi connectivity index (χ1v) is 7.86. The Hall–Kier alpha value is -1.65. The Morgan fingerprint density at radius 1 is 1.32 bits per heavy atom. The van der Waals surface area contributed by atoms with Gasteiger partial charge in [0.25, 0.3) is 0 Å². The van der Waals surface area contributed by atoms with Crippen LogP contribution in [0.2, 0.25) is 0 Å². The van der Waals surface area contributed by atoms with Crippen LogP contribution in [0.5, 0.6) is 0 Å². The second-order valence-corrected chi connectivity index (χ2v) is 5.51. The van der Waals surface area contributed by atoms with Crippen LogP contribution in [-0.4, -0.2) is 24.3 Å². The maximum absolute atomic E-state index is 4.46. The van der Waals surface area contributed by atoms with E-state index in [1.807, 2.05) is 23.0 Å². The molecule has 6 heteroatoms. The van der Waals surface area contributed by atoms with Gasteiger partial charge >= 0.3 is 117 Å². The predicted octanol–water partition coefficient (Wildman–Crippen LogP) is 3.25. The van der Waals surface area contributed by atoms with E-state index in [0.717, 1.165) is 36.6 Å². The fourth-order valence-corrected chi connectivity index (χ4v) is 3.15. The van der Waals surface area contributed by atoms with Crippen LogP contribution in [0.25, 0.3) is 0 Å². The molecular weight excluding hydrogens is 305 g/mol. The first-order chi connectivity index (χ1) is 9.36. The summed E-state index contributed by atoms with van der Waals surface area (Å²) in [6.45, 7) is 3.89. The molecule has 1 aromatic carbocycles. The van der Waals surface area contributed by atoms with Crippen molar-refractivity contribution in [1.82, 2.24) is 9.78 Å². The number of nitrogens with zero attached hydrogens (tertiary/aromatic N) is 4. The van der Waals surface area contributed by atoms with Gasteiger partial charge in [-0.2, -0.15) is 0 Å². The molecule has 1 aliphatic heterocycles. The topological polar surface area (TPSA) is 54.6 Å². The average molecular weight is 320 g/mol. The van der Waals surface area contributed by atoms with Crippen LogP contribution in [0, 0.1) is 0 Å². The Morgan fingerprint density at radius 3 is 3.16 bits per heavy atom. The number of anilines is 1. The van der Waals surface area contributed by atoms with Gasteiger partial charge < -0.3 is 0 Å². The third kappa shape index (κ3) is 2.69. The molecule has 0 fully saturated rings. The minimum absolute atomic E-state index is 0.0200. The number of aromatic nitrogens is 2. The zero-order chi connectivity index (χ0) is 13.1. The molecule has 0 saturated carbocycles. The number of fused-ring (bicyclic) bond motifs is 1. The van der Waals surface area contributed by atoms with E-state index in [9.17, 15) is 0 Å². The Labute approximate surface area is 117 Å². The number of benzene rings is 1. The number of hydrogen-bond donors (Lipinski definition) is 1. The Kier molecular flexibility index (Phi) is 3.62. The first-order valence-electron chi connectivity index (χ1n) is 6.33. The summed E-state index contributed by atoms with van der Waals surface area (Å²) in [6.07, 6.45) is 5.10. The second-order valence-electron chi connectivity index (χ2n) is 4.40. The Balaban J connectivity index is 1.69. The molecule has 1 N–H and O–H groups in total. The molecule has 0 atom stereocenters. The van der Waals surface area contributed by atoms with Crippen molar-refractivity contribution in [3.63, 3.8) is 0 Å². The summed E-state index contributed by atoms with van der Waals surface area (Å²) in [5, 5.41) is 7.75. The third-order valence-electron chi connectivity index (χ3n) is 2.91. The summed E-state index contributed by atoms with van der Waals surface area (Å²) in [5.74, 6) is 0. The van der Waals surface area contributed by atoms with Crippen molar-refractivity contribution in [3.8, 4) is 0 Å². The van der Waals surface area contributed by atoms with Crippen LogP contribution in [0.15, 0.2) is 38.5 Å². The van der Waals surface area contributed by atoms with E-state index in [1.54, 1.807) is 0 Å². The van der Waals surface area contributed by atoms with Crippen molar-refractivity contribution in [3.05, 3.63) is 36.2 Å². The number of rotatable bonds is 5. The summed E-state index contributed by atoms with van der Waals surface area (Å²) in [4.78, 5) is 0. The summed E-state index contributed by atoms with van der Waals surface area (Å²) >= 11 is 0.0200. The van der Waals surface area contributed by atoms with Gasteiger partial charge in [0, 0.05) is 0 Å². The SMILES string of the molecule is CCCn1cc(CNc2cccc3c2N=[Se]=N3)cn1. The van der Waals surface area contributed by atoms with E-state index in [4.69, 9.17) is 0 Å². The Bertz CT molecular complexity index is 655. The second kappa shape index (κ2) is 5.55. The molecule has 1 aromatic heterocycles. The molecule has 19 heavy (non-hydrogen) atoms. The molecule has 5 nitrogen and oxygen atoms in total. The van der Waals surface area contributed by atoms with E-state index >= 15 is 0 Å². The molecule has 2 heterocycles. The van der Waals surface area contributed by atoms with Crippen LogP contribution in [0.1, 0.15) is 18.9 Å². The van der Waals surface area contributed by atoms with Crippen LogP contribution in [-0.2, 0) is 13.1 Å². The molecular formula is C13H15N5Se. The standard InChI is InChI=1S/C13H15N5Se/c1-2-6-18-9-10(8-15-18)7-14-11-4-3-5-12-13(11)17-19-16-12/h3-5,8-9,14H,2,6-7H2,1H3. The third-order valence-corrected chi connectivity index (χ3v) is 4.05. The molecule has 0 unspecified atom stereocenters. The van der Waals surface area contributed by atoms with E-state index < -0.39 is 0 Å². The van der Waals surface area contributed by atoms with Gasteiger partial charge in [-0.1, -0.05) is 0 Å². The van der Waals surface area contributed by atoms with E-state index in [-0.39, 0.29) is 14.6 Å². The summed E-state index contributed by atoms with van der Waals surface area (Å²) < 4.78 is 10.8. The first kappa shape index (κ1) is 12.4. The van der Waals surface area contributed by atoms with Gasteiger partial charge in [0.2, 0.25) is 0 Å². The molecule has 2 aromatic rings. The molecule has 0 spiro atoms. The average Bonchev–Trinajstić information content (AvgIpc) is 3.05. The molecule has 0 amide bonds. The van der Waals surface area contributed by atoms with Crippen LogP contribution >= 0.6 is 0 Å². The van der Waals surface area contributed by atoms with E-state index in [1.165, 1.54) is 5.56 Å². The maximum atomic E-state index is 4.46. The molecule has 0 radical (unpaired) electrons. The minimum atomic E-state index is 0.0200. The number of aryl methyl sites for hydroxylation is 1. The predicted molar refractivity (Wildman–Crippen MR) is 76.2 cm³/mol. The van der Waals surface area contributed by atoms with Gasteiger partial charge in [-0.15, -0.1) is 0 Å². The monoisotopic (exact) mass is 321 g/mol. The summed E-state index contributed by atoms with van der Waals surface area (Å²) in [7, 11) is 0. The fourth-order valence-electron chi connectivity index (χ4n) is 2.00. The van der Waals surface area contributed by atoms with Crippen molar-refractivity contribution >= 4 is 31.6 Å². The molecule has 1 aliphatic rings. The van der Waals surface area contributed by atoms with Crippen molar-refractivity contribution in [1.29, 1.82) is 0 Å². The van der Waals surface area contributed by atoms with Crippen molar-refractivity contribution in [2.45, 2.75) is 26.4 Å². The van der Waals surface area contributed by atoms with E-state index in [2.05, 4.69) is 37.5 Å². The van der Waals surface area contributed by atoms with Crippen molar-refractivity contribution < 1.29 is 0 Å². The molecule has 0 saturated heterocycles. The zero-order valence-electron chi connectivity index (χ0n) is 10.7. The van der Waals surface area contributed by atoms with Gasteiger partial charge in [0.15, 0.2) is 0 Å². The normalized spacial score (nSPS) is 12.3. The van der Waals surface area contributed by atoms with E-state index in [0.29, 0.717) is 0 Å². The molecule has 0 bridgehead atoms. The van der Waals surface area contributed by atoms with Gasteiger partial charge in [-0.3, -0.25) is 0 Å². The van der Waals surface area contributed by atoms with Crippen LogP contribution < -0.4 is 5.32 Å². The summed E-state index contributed by atoms with van der Waals surface area (Å²) in [5.41, 5.74) is 4.26. The molecule has 0 aliphatic carbocycles. The zero-order valence-corrected chi connectivity index (χ0v) is 12.4. The van der Waals surface area contributed by atoms with Crippen LogP contribution in [0.4, 0.5) is 17.1 Å². The molecule has 98 valence electrons. The fraction of sp³-hybridized carbons (Fsp3) is 0.308. The van der Waals surface area contributed by atoms with Gasteiger partial charge in [-0.05, 0) is 0 Å². The van der Waals surface area contributed by atoms with Gasteiger partial charge in [0.1, 0.15) is 0 Å². The van der Waals surface area contributed by atoms with Gasteiger partial charge in [-0.25, -0.2) is 0 Å². The number of hydrogen-bond acceptors (Lipinski definition) is 4. The molecule has 3 rings (SSSR count). The van der Waals surface area contributed by atoms with Crippen molar-refractivity contribution in [2.75, 3.05) is 5.32 Å². The number of nitrogens with one attached hydrogen (secondary N) is 1. The van der Waals surface area contributed by atoms with Crippen LogP contribution in [0.3, 0.4) is 0 Å².